The summed E-state index contributed by atoms with van der Waals surface area (Å²) in [6.45, 7) is 0.274. The highest BCUT2D eigenvalue weighted by molar-refractivity contribution is 5.15. The molecule has 0 fully saturated rings. The molecule has 0 amide bonds. The average molecular weight is 246 g/mol. The van der Waals surface area contributed by atoms with E-state index in [9.17, 15) is 8.78 Å². The molecule has 1 aromatic heterocycles. The third-order valence-electron chi connectivity index (χ3n) is 1.98. The monoisotopic (exact) mass is 246 g/mol. The van der Waals surface area contributed by atoms with E-state index in [1.807, 2.05) is 0 Å². The molecule has 0 spiro atoms. The van der Waals surface area contributed by atoms with Crippen LogP contribution >= 0.6 is 0 Å². The zero-order chi connectivity index (χ0) is 12.7. The standard InChI is InChI=1S/C9H12F2N4O2/c10-9(11)8-7(1-2-12)13-14-15(8)3-5-17-6-4-16/h9,16H,1,3-6H2. The van der Waals surface area contributed by atoms with Gasteiger partial charge in [0.1, 0.15) is 11.4 Å². The van der Waals surface area contributed by atoms with Crippen LogP contribution in [0.3, 0.4) is 0 Å². The molecule has 0 aliphatic rings. The maximum absolute atomic E-state index is 12.7. The predicted octanol–water partition coefficient (Wildman–Crippen LogP) is 0.291. The van der Waals surface area contributed by atoms with Crippen LogP contribution in [0.25, 0.3) is 0 Å². The normalized spacial score (nSPS) is 10.8. The van der Waals surface area contributed by atoms with Crippen molar-refractivity contribution < 1.29 is 18.6 Å². The Balaban J connectivity index is 2.68. The second kappa shape index (κ2) is 6.88. The van der Waals surface area contributed by atoms with Crippen LogP contribution in [-0.4, -0.2) is 39.9 Å². The molecule has 0 aliphatic carbocycles. The fraction of sp³-hybridized carbons (Fsp3) is 0.667. The number of hydrogen-bond donors (Lipinski definition) is 1. The fourth-order valence-electron chi connectivity index (χ4n) is 1.28. The van der Waals surface area contributed by atoms with Crippen LogP contribution in [0.5, 0.6) is 0 Å². The van der Waals surface area contributed by atoms with Gasteiger partial charge in [-0.2, -0.15) is 5.26 Å². The number of halogens is 2. The van der Waals surface area contributed by atoms with Crippen molar-refractivity contribution >= 4 is 0 Å². The molecule has 94 valence electrons. The van der Waals surface area contributed by atoms with Gasteiger partial charge >= 0.3 is 0 Å². The molecular formula is C9H12F2N4O2. The molecule has 0 unspecified atom stereocenters. The summed E-state index contributed by atoms with van der Waals surface area (Å²) in [6.07, 6.45) is -2.93. The Morgan fingerprint density at radius 2 is 2.24 bits per heavy atom. The summed E-state index contributed by atoms with van der Waals surface area (Å²) in [5.74, 6) is 0. The summed E-state index contributed by atoms with van der Waals surface area (Å²) in [5, 5.41) is 24.0. The van der Waals surface area contributed by atoms with Crippen molar-refractivity contribution in [2.45, 2.75) is 19.4 Å². The number of alkyl halides is 2. The SMILES string of the molecule is N#CCc1nnn(CCOCCO)c1C(F)F. The van der Waals surface area contributed by atoms with E-state index in [1.54, 1.807) is 6.07 Å². The molecule has 0 saturated heterocycles. The van der Waals surface area contributed by atoms with Crippen LogP contribution in [0.4, 0.5) is 8.78 Å². The Bertz CT molecular complexity index is 389. The van der Waals surface area contributed by atoms with E-state index in [2.05, 4.69) is 10.3 Å². The van der Waals surface area contributed by atoms with Crippen LogP contribution in [-0.2, 0) is 17.7 Å². The van der Waals surface area contributed by atoms with E-state index >= 15 is 0 Å². The van der Waals surface area contributed by atoms with Crippen LogP contribution < -0.4 is 0 Å². The first kappa shape index (κ1) is 13.5. The van der Waals surface area contributed by atoms with Crippen molar-refractivity contribution in [3.63, 3.8) is 0 Å². The molecule has 6 nitrogen and oxygen atoms in total. The van der Waals surface area contributed by atoms with Gasteiger partial charge in [0.05, 0.1) is 38.9 Å². The van der Waals surface area contributed by atoms with Gasteiger partial charge in [-0.1, -0.05) is 5.21 Å². The van der Waals surface area contributed by atoms with Gasteiger partial charge in [-0.3, -0.25) is 0 Å². The summed E-state index contributed by atoms with van der Waals surface area (Å²) >= 11 is 0. The Morgan fingerprint density at radius 3 is 2.82 bits per heavy atom. The number of rotatable bonds is 7. The Hall–Kier alpha value is -1.59. The van der Waals surface area contributed by atoms with Gasteiger partial charge in [-0.25, -0.2) is 13.5 Å². The van der Waals surface area contributed by atoms with Crippen molar-refractivity contribution in [3.8, 4) is 6.07 Å². The van der Waals surface area contributed by atoms with Gasteiger partial charge in [0.2, 0.25) is 0 Å². The van der Waals surface area contributed by atoms with E-state index in [1.165, 1.54) is 0 Å². The molecule has 1 aromatic rings. The molecule has 17 heavy (non-hydrogen) atoms. The second-order valence-corrected chi connectivity index (χ2v) is 3.12. The highest BCUT2D eigenvalue weighted by atomic mass is 19.3. The van der Waals surface area contributed by atoms with Gasteiger partial charge in [-0.15, -0.1) is 5.10 Å². The maximum Gasteiger partial charge on any atom is 0.281 e. The summed E-state index contributed by atoms with van der Waals surface area (Å²) < 4.78 is 31.4. The van der Waals surface area contributed by atoms with Crippen LogP contribution in [0.1, 0.15) is 17.8 Å². The lowest BCUT2D eigenvalue weighted by Gasteiger charge is -2.06. The summed E-state index contributed by atoms with van der Waals surface area (Å²) in [5.41, 5.74) is -0.358. The van der Waals surface area contributed by atoms with Crippen LogP contribution in [0.15, 0.2) is 0 Å². The number of nitriles is 1. The molecule has 0 atom stereocenters. The number of ether oxygens (including phenoxy) is 1. The van der Waals surface area contributed by atoms with Crippen molar-refractivity contribution in [2.75, 3.05) is 19.8 Å². The number of nitrogens with zero attached hydrogens (tertiary/aromatic N) is 4. The van der Waals surface area contributed by atoms with Gasteiger partial charge in [0.15, 0.2) is 0 Å². The zero-order valence-corrected chi connectivity index (χ0v) is 9.01. The molecule has 1 N–H and O–H groups in total. The molecule has 0 aromatic carbocycles. The van der Waals surface area contributed by atoms with Crippen LogP contribution in [0.2, 0.25) is 0 Å². The summed E-state index contributed by atoms with van der Waals surface area (Å²) in [4.78, 5) is 0. The fourth-order valence-corrected chi connectivity index (χ4v) is 1.28. The number of hydrogen-bond acceptors (Lipinski definition) is 5. The minimum atomic E-state index is -2.73. The van der Waals surface area contributed by atoms with Gasteiger partial charge in [-0.05, 0) is 0 Å². The number of aliphatic hydroxyl groups excluding tert-OH is 1. The summed E-state index contributed by atoms with van der Waals surface area (Å²) in [7, 11) is 0. The highest BCUT2D eigenvalue weighted by Crippen LogP contribution is 2.21. The average Bonchev–Trinajstić information content (AvgIpc) is 2.68. The van der Waals surface area contributed by atoms with Gasteiger partial charge < -0.3 is 9.84 Å². The topological polar surface area (TPSA) is 84.0 Å². The van der Waals surface area contributed by atoms with Crippen molar-refractivity contribution in [3.05, 3.63) is 11.4 Å². The van der Waals surface area contributed by atoms with E-state index in [0.29, 0.717) is 0 Å². The minimum Gasteiger partial charge on any atom is -0.394 e. The number of aromatic nitrogens is 3. The smallest absolute Gasteiger partial charge is 0.281 e. The lowest BCUT2D eigenvalue weighted by atomic mass is 10.2. The first-order chi connectivity index (χ1) is 8.20. The molecular weight excluding hydrogens is 234 g/mol. The lowest BCUT2D eigenvalue weighted by Crippen LogP contribution is -2.13. The molecule has 0 saturated carbocycles. The van der Waals surface area contributed by atoms with Gasteiger partial charge in [0, 0.05) is 0 Å². The molecule has 8 heteroatoms. The van der Waals surface area contributed by atoms with Crippen molar-refractivity contribution in [1.82, 2.24) is 15.0 Å². The predicted molar refractivity (Wildman–Crippen MR) is 52.2 cm³/mol. The Labute approximate surface area is 96.4 Å². The first-order valence-corrected chi connectivity index (χ1v) is 4.96. The zero-order valence-electron chi connectivity index (χ0n) is 9.01. The van der Waals surface area contributed by atoms with E-state index in [0.717, 1.165) is 4.68 Å². The lowest BCUT2D eigenvalue weighted by molar-refractivity contribution is 0.0807. The van der Waals surface area contributed by atoms with Gasteiger partial charge in [0.25, 0.3) is 6.43 Å². The maximum atomic E-state index is 12.7. The third-order valence-corrected chi connectivity index (χ3v) is 1.98. The van der Waals surface area contributed by atoms with E-state index < -0.39 is 6.43 Å². The highest BCUT2D eigenvalue weighted by Gasteiger charge is 2.21. The number of aliphatic hydroxyl groups is 1. The first-order valence-electron chi connectivity index (χ1n) is 4.96. The summed E-state index contributed by atoms with van der Waals surface area (Å²) in [6, 6.07) is 1.76. The molecule has 1 rings (SSSR count). The second-order valence-electron chi connectivity index (χ2n) is 3.12. The Morgan fingerprint density at radius 1 is 1.47 bits per heavy atom. The molecule has 0 radical (unpaired) electrons. The Kier molecular flexibility index (Phi) is 5.45. The largest absolute Gasteiger partial charge is 0.394 e. The quantitative estimate of drug-likeness (QED) is 0.699. The van der Waals surface area contributed by atoms with E-state index in [4.69, 9.17) is 15.1 Å². The van der Waals surface area contributed by atoms with Crippen LogP contribution in [0, 0.1) is 11.3 Å². The molecule has 0 aliphatic heterocycles. The third kappa shape index (κ3) is 3.72. The van der Waals surface area contributed by atoms with E-state index in [-0.39, 0.29) is 44.2 Å². The van der Waals surface area contributed by atoms with Crippen molar-refractivity contribution in [1.29, 1.82) is 5.26 Å². The van der Waals surface area contributed by atoms with Crippen molar-refractivity contribution in [2.24, 2.45) is 0 Å². The minimum absolute atomic E-state index is 0.00958. The molecule has 0 bridgehead atoms. The molecule has 1 heterocycles.